The summed E-state index contributed by atoms with van der Waals surface area (Å²) in [5.74, 6) is -0.127. The molecule has 0 amide bonds. The second-order valence-corrected chi connectivity index (χ2v) is 6.31. The van der Waals surface area contributed by atoms with Gasteiger partial charge in [0.2, 0.25) is 0 Å². The van der Waals surface area contributed by atoms with Crippen LogP contribution in [-0.2, 0) is 33.9 Å². The maximum atomic E-state index is 12.1. The number of rotatable bonds is 5. The highest BCUT2D eigenvalue weighted by atomic mass is 35.5. The molecule has 26 heavy (non-hydrogen) atoms. The molecule has 2 aromatic carbocycles. The Balaban J connectivity index is 1.76. The van der Waals surface area contributed by atoms with Gasteiger partial charge in [0.05, 0.1) is 18.0 Å². The molecular formula is C17H13Cl2NO6. The first kappa shape index (κ1) is 18.4. The van der Waals surface area contributed by atoms with Crippen molar-refractivity contribution in [2.24, 2.45) is 0 Å². The molecule has 1 aliphatic heterocycles. The van der Waals surface area contributed by atoms with Gasteiger partial charge >= 0.3 is 5.97 Å². The van der Waals surface area contributed by atoms with Crippen LogP contribution in [0.4, 0.5) is 5.69 Å². The molecule has 0 N–H and O–H groups in total. The minimum absolute atomic E-state index is 0.0288. The number of benzene rings is 2. The predicted molar refractivity (Wildman–Crippen MR) is 93.3 cm³/mol. The Morgan fingerprint density at radius 1 is 1.27 bits per heavy atom. The van der Waals surface area contributed by atoms with E-state index in [0.717, 1.165) is 0 Å². The zero-order chi connectivity index (χ0) is 18.7. The third-order valence-corrected chi connectivity index (χ3v) is 4.46. The average molecular weight is 398 g/mol. The molecule has 136 valence electrons. The average Bonchev–Trinajstić information content (AvgIpc) is 2.62. The predicted octanol–water partition coefficient (Wildman–Crippen LogP) is 4.05. The first-order valence-corrected chi connectivity index (χ1v) is 8.30. The van der Waals surface area contributed by atoms with Crippen LogP contribution in [0.25, 0.3) is 0 Å². The Hall–Kier alpha value is -2.35. The van der Waals surface area contributed by atoms with Gasteiger partial charge in [0.1, 0.15) is 12.4 Å². The smallest absolute Gasteiger partial charge is 0.310 e. The lowest BCUT2D eigenvalue weighted by Gasteiger charge is -2.20. The molecule has 0 bridgehead atoms. The maximum absolute atomic E-state index is 12.1. The van der Waals surface area contributed by atoms with Gasteiger partial charge in [-0.25, -0.2) is 0 Å². The molecule has 0 atom stereocenters. The summed E-state index contributed by atoms with van der Waals surface area (Å²) in [4.78, 5) is 22.7. The monoisotopic (exact) mass is 397 g/mol. The third-order valence-electron chi connectivity index (χ3n) is 3.75. The van der Waals surface area contributed by atoms with Crippen molar-refractivity contribution in [2.75, 3.05) is 6.79 Å². The summed E-state index contributed by atoms with van der Waals surface area (Å²) in [5, 5.41) is 11.8. The van der Waals surface area contributed by atoms with E-state index in [1.165, 1.54) is 12.1 Å². The molecule has 0 radical (unpaired) electrons. The Bertz CT molecular complexity index is 850. The number of nitro benzene ring substituents is 1. The summed E-state index contributed by atoms with van der Waals surface area (Å²) in [6, 6.07) is 7.62. The van der Waals surface area contributed by atoms with Crippen molar-refractivity contribution in [1.29, 1.82) is 0 Å². The van der Waals surface area contributed by atoms with E-state index in [-0.39, 0.29) is 32.1 Å². The van der Waals surface area contributed by atoms with Gasteiger partial charge in [0, 0.05) is 38.9 Å². The van der Waals surface area contributed by atoms with Crippen molar-refractivity contribution in [2.45, 2.75) is 19.6 Å². The molecule has 0 aromatic heterocycles. The zero-order valence-electron chi connectivity index (χ0n) is 13.4. The van der Waals surface area contributed by atoms with Crippen LogP contribution >= 0.6 is 23.2 Å². The highest BCUT2D eigenvalue weighted by Gasteiger charge is 2.22. The van der Waals surface area contributed by atoms with E-state index in [9.17, 15) is 14.9 Å². The van der Waals surface area contributed by atoms with E-state index in [1.807, 2.05) is 0 Å². The number of non-ortho nitro benzene ring substituents is 1. The van der Waals surface area contributed by atoms with Gasteiger partial charge in [-0.2, -0.15) is 0 Å². The number of hydrogen-bond donors (Lipinski definition) is 0. The van der Waals surface area contributed by atoms with Crippen molar-refractivity contribution in [3.63, 3.8) is 0 Å². The third kappa shape index (κ3) is 4.07. The quantitative estimate of drug-likeness (QED) is 0.429. The van der Waals surface area contributed by atoms with Crippen molar-refractivity contribution in [1.82, 2.24) is 0 Å². The number of esters is 1. The van der Waals surface area contributed by atoms with Crippen molar-refractivity contribution >= 4 is 34.9 Å². The Morgan fingerprint density at radius 2 is 2.00 bits per heavy atom. The number of carbonyl (C=O) groups excluding carboxylic acids is 1. The summed E-state index contributed by atoms with van der Waals surface area (Å²) >= 11 is 12.1. The molecule has 0 saturated carbocycles. The van der Waals surface area contributed by atoms with E-state index in [2.05, 4.69) is 0 Å². The fourth-order valence-corrected chi connectivity index (χ4v) is 3.08. The molecule has 1 aliphatic rings. The van der Waals surface area contributed by atoms with Crippen LogP contribution in [0, 0.1) is 10.1 Å². The number of ether oxygens (including phenoxy) is 3. The van der Waals surface area contributed by atoms with E-state index in [1.54, 1.807) is 18.2 Å². The Labute approximate surface area is 158 Å². The van der Waals surface area contributed by atoms with E-state index in [0.29, 0.717) is 32.5 Å². The van der Waals surface area contributed by atoms with Crippen LogP contribution in [0.5, 0.6) is 5.75 Å². The lowest BCUT2D eigenvalue weighted by atomic mass is 10.1. The highest BCUT2D eigenvalue weighted by Crippen LogP contribution is 2.33. The minimum atomic E-state index is -0.563. The summed E-state index contributed by atoms with van der Waals surface area (Å²) in [7, 11) is 0. The summed E-state index contributed by atoms with van der Waals surface area (Å²) < 4.78 is 15.8. The molecular weight excluding hydrogens is 385 g/mol. The molecule has 0 aliphatic carbocycles. The topological polar surface area (TPSA) is 87.9 Å². The molecule has 0 spiro atoms. The molecule has 0 saturated heterocycles. The van der Waals surface area contributed by atoms with E-state index in [4.69, 9.17) is 37.4 Å². The summed E-state index contributed by atoms with van der Waals surface area (Å²) in [6.45, 7) is 0.0408. The number of nitro groups is 1. The molecule has 0 fully saturated rings. The normalized spacial score (nSPS) is 12.8. The van der Waals surface area contributed by atoms with Gasteiger partial charge in [-0.3, -0.25) is 14.9 Å². The van der Waals surface area contributed by atoms with Crippen LogP contribution < -0.4 is 4.74 Å². The maximum Gasteiger partial charge on any atom is 0.310 e. The lowest BCUT2D eigenvalue weighted by Crippen LogP contribution is -2.15. The van der Waals surface area contributed by atoms with Gasteiger partial charge in [0.25, 0.3) is 5.69 Å². The number of halogens is 2. The van der Waals surface area contributed by atoms with Crippen LogP contribution in [0.15, 0.2) is 30.3 Å². The Kier molecular flexibility index (Phi) is 5.61. The van der Waals surface area contributed by atoms with Gasteiger partial charge in [-0.05, 0) is 12.1 Å². The first-order valence-electron chi connectivity index (χ1n) is 7.55. The van der Waals surface area contributed by atoms with E-state index >= 15 is 0 Å². The van der Waals surface area contributed by atoms with Gasteiger partial charge < -0.3 is 14.2 Å². The van der Waals surface area contributed by atoms with Crippen molar-refractivity contribution < 1.29 is 23.9 Å². The summed E-state index contributed by atoms with van der Waals surface area (Å²) in [5.41, 5.74) is 1.27. The molecule has 2 aromatic rings. The van der Waals surface area contributed by atoms with Gasteiger partial charge in [-0.15, -0.1) is 0 Å². The molecule has 0 unspecified atom stereocenters. The highest BCUT2D eigenvalue weighted by molar-refractivity contribution is 6.36. The van der Waals surface area contributed by atoms with Crippen LogP contribution in [0.1, 0.15) is 16.7 Å². The molecule has 9 heteroatoms. The Morgan fingerprint density at radius 3 is 2.69 bits per heavy atom. The second-order valence-electron chi connectivity index (χ2n) is 5.50. The van der Waals surface area contributed by atoms with E-state index < -0.39 is 10.9 Å². The fourth-order valence-electron chi connectivity index (χ4n) is 2.55. The van der Waals surface area contributed by atoms with Crippen molar-refractivity contribution in [3.8, 4) is 5.75 Å². The zero-order valence-corrected chi connectivity index (χ0v) is 14.9. The second kappa shape index (κ2) is 7.90. The summed E-state index contributed by atoms with van der Waals surface area (Å²) in [6.07, 6.45) is -0.112. The lowest BCUT2D eigenvalue weighted by molar-refractivity contribution is -0.385. The molecule has 7 nitrogen and oxygen atoms in total. The van der Waals surface area contributed by atoms with Crippen LogP contribution in [0.2, 0.25) is 10.0 Å². The van der Waals surface area contributed by atoms with Crippen LogP contribution in [0.3, 0.4) is 0 Å². The number of hydrogen-bond acceptors (Lipinski definition) is 6. The number of nitrogens with zero attached hydrogens (tertiary/aromatic N) is 1. The standard InChI is InChI=1S/C17H13Cl2NO6/c18-14-2-1-3-15(19)13(14)6-16(21)25-8-11-5-12(20(22)23)4-10-7-24-9-26-17(10)11/h1-5H,6-9H2. The van der Waals surface area contributed by atoms with Gasteiger partial charge in [-0.1, -0.05) is 29.3 Å². The minimum Gasteiger partial charge on any atom is -0.467 e. The van der Waals surface area contributed by atoms with Gasteiger partial charge in [0.15, 0.2) is 6.79 Å². The molecule has 1 heterocycles. The van der Waals surface area contributed by atoms with Crippen LogP contribution in [-0.4, -0.2) is 17.7 Å². The number of fused-ring (bicyclic) bond motifs is 1. The molecule has 3 rings (SSSR count). The first-order chi connectivity index (χ1) is 12.5. The van der Waals surface area contributed by atoms with Crippen molar-refractivity contribution in [3.05, 3.63) is 67.2 Å². The number of carbonyl (C=O) groups is 1. The SMILES string of the molecule is O=C(Cc1c(Cl)cccc1Cl)OCc1cc([N+](=O)[O-])cc2c1OCOC2. The largest absolute Gasteiger partial charge is 0.467 e. The fraction of sp³-hybridized carbons (Fsp3) is 0.235.